The largest absolute Gasteiger partial charge is 0.0735 e. The third-order valence-electron chi connectivity index (χ3n) is 10.5. The van der Waals surface area contributed by atoms with Crippen molar-refractivity contribution in [3.8, 4) is 0 Å². The Hall–Kier alpha value is -5.72. The van der Waals surface area contributed by atoms with Gasteiger partial charge in [0.2, 0.25) is 0 Å². The molecule has 0 bridgehead atoms. The minimum absolute atomic E-state index is 0.421. The number of hydrogen-bond acceptors (Lipinski definition) is 0. The van der Waals surface area contributed by atoms with Crippen molar-refractivity contribution in [1.29, 1.82) is 0 Å². The predicted octanol–water partition coefficient (Wildman–Crippen LogP) is 11.8. The van der Waals surface area contributed by atoms with Gasteiger partial charge in [0.25, 0.3) is 0 Å². The first-order chi connectivity index (χ1) is 23.7. The van der Waals surface area contributed by atoms with Crippen LogP contribution in [0.5, 0.6) is 0 Å². The van der Waals surface area contributed by atoms with Crippen molar-refractivity contribution in [1.82, 2.24) is 0 Å². The molecule has 0 aromatic heterocycles. The summed E-state index contributed by atoms with van der Waals surface area (Å²) in [6.07, 6.45) is 12.0. The molecule has 0 amide bonds. The fourth-order valence-electron chi connectivity index (χ4n) is 8.72. The molecular weight excluding hydrogens is 577 g/mol. The standard InChI is InChI=1S/C48H38/c1-46(34-20-21-35-46)48(41-30-16-6-17-31-41,42-32-18-7-19-33-42)47(40-28-14-5-15-29-40)36-43(37-22-8-2-9-23-37)44(38-24-10-3-11-25-38)45(47)39-26-12-4-13-27-39/h2-36H,1H3. The lowest BCUT2D eigenvalue weighted by molar-refractivity contribution is 0.243. The average Bonchev–Trinajstić information content (AvgIpc) is 3.78. The average molecular weight is 615 g/mol. The Morgan fingerprint density at radius 3 is 1.29 bits per heavy atom. The Labute approximate surface area is 284 Å². The monoisotopic (exact) mass is 614 g/mol. The Morgan fingerprint density at radius 2 is 0.812 bits per heavy atom. The van der Waals surface area contributed by atoms with E-state index < -0.39 is 16.2 Å². The summed E-state index contributed by atoms with van der Waals surface area (Å²) < 4.78 is 0. The second kappa shape index (κ2) is 12.1. The van der Waals surface area contributed by atoms with Crippen molar-refractivity contribution in [3.63, 3.8) is 0 Å². The highest BCUT2D eigenvalue weighted by Gasteiger charge is 2.65. The summed E-state index contributed by atoms with van der Waals surface area (Å²) in [5, 5.41) is 0. The summed E-state index contributed by atoms with van der Waals surface area (Å²) in [5.74, 6) is 0. The van der Waals surface area contributed by atoms with Crippen LogP contribution in [0.1, 0.15) is 40.3 Å². The summed E-state index contributed by atoms with van der Waals surface area (Å²) in [5.41, 5.74) is 9.52. The van der Waals surface area contributed by atoms with Crippen molar-refractivity contribution < 1.29 is 0 Å². The molecule has 48 heavy (non-hydrogen) atoms. The highest BCUT2D eigenvalue weighted by molar-refractivity contribution is 6.22. The van der Waals surface area contributed by atoms with Crippen LogP contribution in [0.4, 0.5) is 0 Å². The minimum Gasteiger partial charge on any atom is -0.0735 e. The topological polar surface area (TPSA) is 0 Å². The van der Waals surface area contributed by atoms with E-state index in [4.69, 9.17) is 0 Å². The molecule has 0 saturated carbocycles. The van der Waals surface area contributed by atoms with Gasteiger partial charge in [-0.1, -0.05) is 219 Å². The van der Waals surface area contributed by atoms with Crippen molar-refractivity contribution in [2.24, 2.45) is 5.41 Å². The first-order valence-electron chi connectivity index (χ1n) is 16.9. The first-order valence-corrected chi connectivity index (χ1v) is 16.9. The van der Waals surface area contributed by atoms with Gasteiger partial charge in [0, 0.05) is 10.8 Å². The summed E-state index contributed by atoms with van der Waals surface area (Å²) in [7, 11) is 0. The quantitative estimate of drug-likeness (QED) is 0.160. The summed E-state index contributed by atoms with van der Waals surface area (Å²) in [6.45, 7) is 2.43. The van der Waals surface area contributed by atoms with Crippen molar-refractivity contribution in [2.75, 3.05) is 0 Å². The Bertz CT molecular complexity index is 2090. The fourth-order valence-corrected chi connectivity index (χ4v) is 8.72. The number of hydrogen-bond donors (Lipinski definition) is 0. The summed E-state index contributed by atoms with van der Waals surface area (Å²) in [6, 6.07) is 66.8. The van der Waals surface area contributed by atoms with E-state index >= 15 is 0 Å². The van der Waals surface area contributed by atoms with Gasteiger partial charge in [-0.2, -0.15) is 0 Å². The van der Waals surface area contributed by atoms with Gasteiger partial charge < -0.3 is 0 Å². The maximum absolute atomic E-state index is 2.63. The fraction of sp³-hybridized carbons (Fsp3) is 0.0833. The van der Waals surface area contributed by atoms with Crippen LogP contribution >= 0.6 is 0 Å². The van der Waals surface area contributed by atoms with Crippen LogP contribution in [-0.2, 0) is 10.8 Å². The lowest BCUT2D eigenvalue weighted by Gasteiger charge is -2.58. The highest BCUT2D eigenvalue weighted by atomic mass is 14.7. The zero-order valence-corrected chi connectivity index (χ0v) is 27.2. The molecule has 2 aliphatic rings. The van der Waals surface area contributed by atoms with E-state index in [1.54, 1.807) is 0 Å². The van der Waals surface area contributed by atoms with E-state index in [2.05, 4.69) is 219 Å². The molecule has 0 heteroatoms. The van der Waals surface area contributed by atoms with Crippen molar-refractivity contribution in [3.05, 3.63) is 246 Å². The van der Waals surface area contributed by atoms with Crippen LogP contribution < -0.4 is 0 Å². The second-order valence-corrected chi connectivity index (χ2v) is 13.1. The molecule has 0 aliphatic heterocycles. The van der Waals surface area contributed by atoms with Crippen LogP contribution in [0.3, 0.4) is 0 Å². The number of allylic oxidation sites excluding steroid dienone is 8. The molecule has 0 fully saturated rings. The van der Waals surface area contributed by atoms with Crippen LogP contribution in [0.25, 0.3) is 16.7 Å². The van der Waals surface area contributed by atoms with E-state index in [-0.39, 0.29) is 0 Å². The zero-order chi connectivity index (χ0) is 32.4. The Morgan fingerprint density at radius 1 is 0.417 bits per heavy atom. The first kappa shape index (κ1) is 29.7. The lowest BCUT2D eigenvalue weighted by atomic mass is 9.42. The van der Waals surface area contributed by atoms with E-state index in [1.165, 1.54) is 50.1 Å². The molecular formula is C48H38. The van der Waals surface area contributed by atoms with Gasteiger partial charge in [-0.05, 0) is 50.1 Å². The third kappa shape index (κ3) is 4.44. The molecule has 0 heterocycles. The van der Waals surface area contributed by atoms with Crippen LogP contribution in [0, 0.1) is 5.41 Å². The molecule has 1 atom stereocenters. The molecule has 0 N–H and O–H groups in total. The number of rotatable bonds is 8. The maximum atomic E-state index is 2.63. The lowest BCUT2D eigenvalue weighted by Crippen LogP contribution is -2.57. The SMILES string of the molecule is CC1(C(c2ccccc2)(c2ccccc2)C2(c3ccccc3)C=C(c3ccccc3)C(c3ccccc3)=C2c2ccccc2)C=CC=C1. The van der Waals surface area contributed by atoms with E-state index in [0.717, 1.165) is 0 Å². The van der Waals surface area contributed by atoms with Crippen LogP contribution in [0.15, 0.2) is 212 Å². The molecule has 8 rings (SSSR count). The van der Waals surface area contributed by atoms with Gasteiger partial charge in [-0.25, -0.2) is 0 Å². The van der Waals surface area contributed by atoms with E-state index in [0.29, 0.717) is 0 Å². The highest BCUT2D eigenvalue weighted by Crippen LogP contribution is 2.69. The second-order valence-electron chi connectivity index (χ2n) is 13.1. The normalized spacial score (nSPS) is 18.2. The van der Waals surface area contributed by atoms with Gasteiger partial charge in [0.05, 0.1) is 5.41 Å². The minimum atomic E-state index is -0.678. The third-order valence-corrected chi connectivity index (χ3v) is 10.5. The van der Waals surface area contributed by atoms with Crippen LogP contribution in [0.2, 0.25) is 0 Å². The molecule has 6 aromatic carbocycles. The molecule has 0 nitrogen and oxygen atoms in total. The molecule has 1 unspecified atom stereocenters. The molecule has 0 saturated heterocycles. The maximum Gasteiger partial charge on any atom is 0.0551 e. The van der Waals surface area contributed by atoms with Gasteiger partial charge in [-0.3, -0.25) is 0 Å². The molecule has 6 aromatic rings. The van der Waals surface area contributed by atoms with Gasteiger partial charge in [0.15, 0.2) is 0 Å². The summed E-state index contributed by atoms with van der Waals surface area (Å²) in [4.78, 5) is 0. The van der Waals surface area contributed by atoms with E-state index in [9.17, 15) is 0 Å². The Kier molecular flexibility index (Phi) is 7.50. The molecule has 2 aliphatic carbocycles. The van der Waals surface area contributed by atoms with Gasteiger partial charge in [-0.15, -0.1) is 0 Å². The number of benzene rings is 6. The van der Waals surface area contributed by atoms with E-state index in [1.807, 2.05) is 0 Å². The predicted molar refractivity (Wildman–Crippen MR) is 202 cm³/mol. The van der Waals surface area contributed by atoms with Crippen molar-refractivity contribution >= 4 is 16.7 Å². The van der Waals surface area contributed by atoms with Crippen LogP contribution in [-0.4, -0.2) is 0 Å². The zero-order valence-electron chi connectivity index (χ0n) is 27.2. The molecule has 230 valence electrons. The summed E-state index contributed by atoms with van der Waals surface area (Å²) >= 11 is 0. The van der Waals surface area contributed by atoms with Gasteiger partial charge >= 0.3 is 0 Å². The van der Waals surface area contributed by atoms with Gasteiger partial charge in [0.1, 0.15) is 0 Å². The molecule has 0 radical (unpaired) electrons. The smallest absolute Gasteiger partial charge is 0.0551 e. The van der Waals surface area contributed by atoms with Crippen molar-refractivity contribution in [2.45, 2.75) is 17.8 Å². The Balaban J connectivity index is 1.68. The molecule has 0 spiro atoms.